The molecule has 7 nitrogen and oxygen atoms in total. The number of hydrogen-bond acceptors (Lipinski definition) is 5. The third kappa shape index (κ3) is 3.36. The monoisotopic (exact) mass is 431 g/mol. The third-order valence-electron chi connectivity index (χ3n) is 7.06. The number of hydrogen-bond donors (Lipinski definition) is 2. The number of nitrogens with one attached hydrogen (secondary N) is 2. The molecular formula is C25H29N5O2. The second-order valence-electron chi connectivity index (χ2n) is 9.40. The fourth-order valence-electron chi connectivity index (χ4n) is 4.94. The number of rotatable bonds is 5. The zero-order valence-corrected chi connectivity index (χ0v) is 18.6. The summed E-state index contributed by atoms with van der Waals surface area (Å²) in [4.78, 5) is 18.7. The Kier molecular flexibility index (Phi) is 4.52. The Labute approximate surface area is 187 Å². The molecule has 1 saturated carbocycles. The van der Waals surface area contributed by atoms with Gasteiger partial charge in [0.15, 0.2) is 0 Å². The second-order valence-corrected chi connectivity index (χ2v) is 9.40. The van der Waals surface area contributed by atoms with Gasteiger partial charge in [-0.2, -0.15) is 0 Å². The first-order valence-corrected chi connectivity index (χ1v) is 11.6. The van der Waals surface area contributed by atoms with Crippen LogP contribution in [0.2, 0.25) is 0 Å². The molecule has 3 aliphatic rings. The smallest absolute Gasteiger partial charge is 0.220 e. The van der Waals surface area contributed by atoms with Gasteiger partial charge < -0.3 is 24.8 Å². The summed E-state index contributed by atoms with van der Waals surface area (Å²) >= 11 is 0. The third-order valence-corrected chi connectivity index (χ3v) is 7.06. The average molecular weight is 432 g/mol. The van der Waals surface area contributed by atoms with E-state index >= 15 is 0 Å². The van der Waals surface area contributed by atoms with Gasteiger partial charge in [0.25, 0.3) is 0 Å². The van der Waals surface area contributed by atoms with E-state index in [2.05, 4.69) is 64.4 Å². The van der Waals surface area contributed by atoms with Gasteiger partial charge in [-0.1, -0.05) is 6.07 Å². The lowest BCUT2D eigenvalue weighted by atomic mass is 10.0. The highest BCUT2D eigenvalue weighted by Gasteiger charge is 2.30. The summed E-state index contributed by atoms with van der Waals surface area (Å²) in [7, 11) is 2.13. The number of anilines is 2. The molecule has 166 valence electrons. The van der Waals surface area contributed by atoms with Crippen molar-refractivity contribution in [2.45, 2.75) is 38.3 Å². The van der Waals surface area contributed by atoms with E-state index < -0.39 is 0 Å². The number of carbonyl (C=O) groups is 1. The maximum atomic E-state index is 11.7. The van der Waals surface area contributed by atoms with Gasteiger partial charge in [-0.05, 0) is 55.2 Å². The van der Waals surface area contributed by atoms with Gasteiger partial charge in [-0.25, -0.2) is 4.98 Å². The predicted molar refractivity (Wildman–Crippen MR) is 126 cm³/mol. The lowest BCUT2D eigenvalue weighted by Crippen LogP contribution is -2.30. The van der Waals surface area contributed by atoms with Crippen LogP contribution in [0.5, 0.6) is 5.75 Å². The Morgan fingerprint density at radius 1 is 1.16 bits per heavy atom. The summed E-state index contributed by atoms with van der Waals surface area (Å²) in [5.41, 5.74) is 6.65. The van der Waals surface area contributed by atoms with E-state index in [1.54, 1.807) is 0 Å². The lowest BCUT2D eigenvalue weighted by Gasteiger charge is -2.29. The summed E-state index contributed by atoms with van der Waals surface area (Å²) in [6.45, 7) is 4.69. The maximum Gasteiger partial charge on any atom is 0.220 e. The minimum Gasteiger partial charge on any atom is -0.488 e. The van der Waals surface area contributed by atoms with Gasteiger partial charge in [-0.15, -0.1) is 0 Å². The van der Waals surface area contributed by atoms with Crippen LogP contribution in [-0.4, -0.2) is 48.2 Å². The van der Waals surface area contributed by atoms with Crippen molar-refractivity contribution in [2.75, 3.05) is 36.9 Å². The predicted octanol–water partition coefficient (Wildman–Crippen LogP) is 3.80. The number of fused-ring (bicyclic) bond motifs is 2. The van der Waals surface area contributed by atoms with Crippen molar-refractivity contribution in [1.82, 2.24) is 14.9 Å². The fraction of sp³-hybridized carbons (Fsp3) is 0.440. The van der Waals surface area contributed by atoms with Crippen molar-refractivity contribution in [3.05, 3.63) is 36.7 Å². The van der Waals surface area contributed by atoms with Gasteiger partial charge in [0, 0.05) is 45.1 Å². The highest BCUT2D eigenvalue weighted by atomic mass is 16.5. The van der Waals surface area contributed by atoms with Crippen LogP contribution in [0.25, 0.3) is 22.2 Å². The molecule has 2 aromatic carbocycles. The second kappa shape index (κ2) is 7.43. The number of imidazole rings is 1. The van der Waals surface area contributed by atoms with Crippen molar-refractivity contribution >= 4 is 28.3 Å². The number of likely N-dealkylation sites (N-methyl/N-ethyl adjacent to an activating group) is 1. The molecule has 6 rings (SSSR count). The molecule has 3 heterocycles. The molecule has 0 spiro atoms. The first-order chi connectivity index (χ1) is 15.6. The Bertz CT molecular complexity index is 1200. The summed E-state index contributed by atoms with van der Waals surface area (Å²) < 4.78 is 8.82. The molecule has 1 aliphatic carbocycles. The Morgan fingerprint density at radius 2 is 2.03 bits per heavy atom. The largest absolute Gasteiger partial charge is 0.488 e. The Balaban J connectivity index is 1.41. The summed E-state index contributed by atoms with van der Waals surface area (Å²) in [5, 5.41) is 6.45. The van der Waals surface area contributed by atoms with Crippen molar-refractivity contribution in [3.8, 4) is 16.9 Å². The van der Waals surface area contributed by atoms with E-state index in [0.29, 0.717) is 19.0 Å². The molecule has 0 bridgehead atoms. The van der Waals surface area contributed by atoms with Crippen LogP contribution in [-0.2, 0) is 4.79 Å². The standard InChI is InChI=1S/C25H29N5O2/c1-15(18-12-24(31)27-13-18)32-23-11-17(10-21-25(23)30(14-28-21)19-4-5-19)16-3-6-22-20(9-16)26-7-8-29(22)2/h3,6,9-11,14-15,18-19,26H,4-5,7-8,12-13H2,1-2H3,(H,27,31). The van der Waals surface area contributed by atoms with E-state index in [-0.39, 0.29) is 17.9 Å². The van der Waals surface area contributed by atoms with Crippen molar-refractivity contribution in [3.63, 3.8) is 0 Å². The van der Waals surface area contributed by atoms with Gasteiger partial charge in [0.05, 0.1) is 23.2 Å². The van der Waals surface area contributed by atoms with Crippen LogP contribution in [0.15, 0.2) is 36.7 Å². The molecule has 3 aromatic rings. The van der Waals surface area contributed by atoms with Crippen LogP contribution in [0.3, 0.4) is 0 Å². The summed E-state index contributed by atoms with van der Waals surface area (Å²) in [6, 6.07) is 11.4. The summed E-state index contributed by atoms with van der Waals surface area (Å²) in [6.07, 6.45) is 4.79. The number of ether oxygens (including phenoxy) is 1. The van der Waals surface area contributed by atoms with Crippen LogP contribution >= 0.6 is 0 Å². The lowest BCUT2D eigenvalue weighted by molar-refractivity contribution is -0.119. The van der Waals surface area contributed by atoms with Crippen LogP contribution in [0.4, 0.5) is 11.4 Å². The number of amides is 1. The highest BCUT2D eigenvalue weighted by molar-refractivity contribution is 5.89. The van der Waals surface area contributed by atoms with Crippen molar-refractivity contribution in [2.24, 2.45) is 5.92 Å². The minimum atomic E-state index is -0.0613. The molecular weight excluding hydrogens is 402 g/mol. The molecule has 2 fully saturated rings. The molecule has 2 atom stereocenters. The number of nitrogens with zero attached hydrogens (tertiary/aromatic N) is 3. The summed E-state index contributed by atoms with van der Waals surface area (Å²) in [5.74, 6) is 1.15. The van der Waals surface area contributed by atoms with Gasteiger partial charge >= 0.3 is 0 Å². The molecule has 2 N–H and O–H groups in total. The highest BCUT2D eigenvalue weighted by Crippen LogP contribution is 2.42. The van der Waals surface area contributed by atoms with E-state index in [1.807, 2.05) is 6.33 Å². The first kappa shape index (κ1) is 19.5. The molecule has 1 saturated heterocycles. The Hall–Kier alpha value is -3.22. The van der Waals surface area contributed by atoms with E-state index in [1.165, 1.54) is 18.5 Å². The normalized spacial score (nSPS) is 21.2. The maximum absolute atomic E-state index is 11.7. The number of benzene rings is 2. The molecule has 1 aromatic heterocycles. The van der Waals surface area contributed by atoms with E-state index in [4.69, 9.17) is 9.72 Å². The molecule has 7 heteroatoms. The van der Waals surface area contributed by atoms with Gasteiger partial charge in [-0.3, -0.25) is 4.79 Å². The molecule has 2 unspecified atom stereocenters. The van der Waals surface area contributed by atoms with Crippen molar-refractivity contribution in [1.29, 1.82) is 0 Å². The average Bonchev–Trinajstić information content (AvgIpc) is 3.39. The molecule has 1 amide bonds. The van der Waals surface area contributed by atoms with Crippen molar-refractivity contribution < 1.29 is 9.53 Å². The quantitative estimate of drug-likeness (QED) is 0.643. The van der Waals surface area contributed by atoms with Crippen LogP contribution in [0.1, 0.15) is 32.2 Å². The van der Waals surface area contributed by atoms with Crippen LogP contribution < -0.4 is 20.3 Å². The molecule has 0 radical (unpaired) electrons. The van der Waals surface area contributed by atoms with E-state index in [0.717, 1.165) is 46.7 Å². The molecule has 2 aliphatic heterocycles. The SMILES string of the molecule is CC(Oc1cc(-c2ccc3c(c2)NCCN3C)cc2ncn(C3CC3)c12)C1CNC(=O)C1. The topological polar surface area (TPSA) is 71.4 Å². The van der Waals surface area contributed by atoms with Gasteiger partial charge in [0.1, 0.15) is 17.4 Å². The van der Waals surface area contributed by atoms with E-state index in [9.17, 15) is 4.79 Å². The number of aromatic nitrogens is 2. The molecule has 32 heavy (non-hydrogen) atoms. The number of carbonyl (C=O) groups excluding carboxylic acids is 1. The minimum absolute atomic E-state index is 0.0613. The van der Waals surface area contributed by atoms with Gasteiger partial charge in [0.2, 0.25) is 5.91 Å². The zero-order chi connectivity index (χ0) is 21.8. The first-order valence-electron chi connectivity index (χ1n) is 11.6. The Morgan fingerprint density at radius 3 is 2.81 bits per heavy atom. The van der Waals surface area contributed by atoms with Crippen LogP contribution in [0, 0.1) is 5.92 Å². The fourth-order valence-corrected chi connectivity index (χ4v) is 4.94. The zero-order valence-electron chi connectivity index (χ0n) is 18.6.